The molecule has 0 aromatic heterocycles. The highest BCUT2D eigenvalue weighted by Crippen LogP contribution is 2.04. The van der Waals surface area contributed by atoms with E-state index in [1.165, 1.54) is 0 Å². The van der Waals surface area contributed by atoms with Crippen molar-refractivity contribution in [2.75, 3.05) is 19.8 Å². The summed E-state index contributed by atoms with van der Waals surface area (Å²) in [7, 11) is 0. The van der Waals surface area contributed by atoms with Crippen LogP contribution in [0.5, 0.6) is 0 Å². The van der Waals surface area contributed by atoms with Crippen molar-refractivity contribution in [2.24, 2.45) is 0 Å². The first-order chi connectivity index (χ1) is 5.36. The van der Waals surface area contributed by atoms with Crippen molar-refractivity contribution in [2.45, 2.75) is 7.43 Å². The first-order valence-electron chi connectivity index (χ1n) is 3.75. The van der Waals surface area contributed by atoms with E-state index < -0.39 is 0 Å². The van der Waals surface area contributed by atoms with E-state index in [0.29, 0.717) is 0 Å². The van der Waals surface area contributed by atoms with E-state index in [1.54, 1.807) is 0 Å². The first-order valence-corrected chi connectivity index (χ1v) is 3.75. The van der Waals surface area contributed by atoms with E-state index in [-0.39, 0.29) is 7.43 Å². The summed E-state index contributed by atoms with van der Waals surface area (Å²) >= 11 is 0. The van der Waals surface area contributed by atoms with Crippen LogP contribution in [0.4, 0.5) is 0 Å². The van der Waals surface area contributed by atoms with Crippen molar-refractivity contribution < 1.29 is 0 Å². The zero-order chi connectivity index (χ0) is 8.10. The van der Waals surface area contributed by atoms with Gasteiger partial charge < -0.3 is 9.80 Å². The van der Waals surface area contributed by atoms with E-state index in [2.05, 4.69) is 35.4 Å². The molecule has 68 valence electrons. The molecule has 0 amide bonds. The van der Waals surface area contributed by atoms with Gasteiger partial charge in [0.25, 0.3) is 0 Å². The van der Waals surface area contributed by atoms with Gasteiger partial charge in [-0.2, -0.15) is 0 Å². The summed E-state index contributed by atoms with van der Waals surface area (Å²) in [5.74, 6) is 0. The zero-order valence-corrected chi connectivity index (χ0v) is 6.74. The van der Waals surface area contributed by atoms with Gasteiger partial charge in [0.1, 0.15) is 0 Å². The highest BCUT2D eigenvalue weighted by atomic mass is 15.3. The van der Waals surface area contributed by atoms with Crippen LogP contribution in [0.2, 0.25) is 0 Å². The average molecular weight is 166 g/mol. The van der Waals surface area contributed by atoms with Crippen molar-refractivity contribution in [3.63, 3.8) is 0 Å². The molecule has 0 saturated carbocycles. The standard InChI is InChI=1S/C9H14N2.CH4/c1-3-5-10-7-8-11(9-10)6-4-2;/h3-4,7-8H,1-2,5-6,9H2;1H4. The molecule has 0 aliphatic carbocycles. The number of rotatable bonds is 4. The molecule has 0 unspecified atom stereocenters. The Morgan fingerprint density at radius 3 is 1.83 bits per heavy atom. The topological polar surface area (TPSA) is 6.48 Å². The minimum absolute atomic E-state index is 0. The number of hydrogen-bond donors (Lipinski definition) is 0. The lowest BCUT2D eigenvalue weighted by Crippen LogP contribution is -2.25. The summed E-state index contributed by atoms with van der Waals surface area (Å²) in [6.45, 7) is 10.2. The molecule has 0 fully saturated rings. The number of hydrogen-bond acceptors (Lipinski definition) is 2. The molecule has 0 bridgehead atoms. The van der Waals surface area contributed by atoms with Gasteiger partial charge in [0.05, 0.1) is 6.67 Å². The summed E-state index contributed by atoms with van der Waals surface area (Å²) in [4.78, 5) is 4.38. The average Bonchev–Trinajstić information content (AvgIpc) is 2.38. The van der Waals surface area contributed by atoms with E-state index >= 15 is 0 Å². The molecule has 0 saturated heterocycles. The normalized spacial score (nSPS) is 14.3. The molecular formula is C10H18N2. The van der Waals surface area contributed by atoms with Crippen molar-refractivity contribution in [1.82, 2.24) is 9.80 Å². The quantitative estimate of drug-likeness (QED) is 0.590. The van der Waals surface area contributed by atoms with Crippen molar-refractivity contribution >= 4 is 0 Å². The van der Waals surface area contributed by atoms with Gasteiger partial charge in [0, 0.05) is 25.5 Å². The number of nitrogens with zero attached hydrogens (tertiary/aromatic N) is 2. The van der Waals surface area contributed by atoms with E-state index in [0.717, 1.165) is 19.8 Å². The smallest absolute Gasteiger partial charge is 0.0900 e. The molecule has 0 atom stereocenters. The molecule has 1 aliphatic rings. The monoisotopic (exact) mass is 166 g/mol. The summed E-state index contributed by atoms with van der Waals surface area (Å²) in [6.07, 6.45) is 7.96. The fourth-order valence-corrected chi connectivity index (χ4v) is 1.08. The third-order valence-electron chi connectivity index (χ3n) is 1.58. The Balaban J connectivity index is 0.00000121. The van der Waals surface area contributed by atoms with Gasteiger partial charge in [-0.1, -0.05) is 19.6 Å². The van der Waals surface area contributed by atoms with E-state index in [4.69, 9.17) is 0 Å². The molecule has 0 spiro atoms. The minimum atomic E-state index is 0. The SMILES string of the molecule is C.C=CCN1C=CN(CC=C)C1. The van der Waals surface area contributed by atoms with Crippen molar-refractivity contribution in [3.05, 3.63) is 37.7 Å². The highest BCUT2D eigenvalue weighted by Gasteiger charge is 2.07. The van der Waals surface area contributed by atoms with Gasteiger partial charge in [0.15, 0.2) is 0 Å². The second-order valence-electron chi connectivity index (χ2n) is 2.56. The molecule has 0 N–H and O–H groups in total. The fraction of sp³-hybridized carbons (Fsp3) is 0.400. The summed E-state index contributed by atoms with van der Waals surface area (Å²) in [5.41, 5.74) is 0. The third kappa shape index (κ3) is 2.82. The molecule has 1 heterocycles. The Morgan fingerprint density at radius 1 is 1.08 bits per heavy atom. The second kappa shape index (κ2) is 5.47. The molecule has 0 radical (unpaired) electrons. The van der Waals surface area contributed by atoms with Gasteiger partial charge in [-0.25, -0.2) is 0 Å². The molecule has 2 heteroatoms. The Hall–Kier alpha value is -1.18. The molecule has 0 aromatic carbocycles. The highest BCUT2D eigenvalue weighted by molar-refractivity contribution is 4.95. The van der Waals surface area contributed by atoms with Crippen molar-refractivity contribution in [1.29, 1.82) is 0 Å². The maximum Gasteiger partial charge on any atom is 0.0900 e. The van der Waals surface area contributed by atoms with Gasteiger partial charge >= 0.3 is 0 Å². The van der Waals surface area contributed by atoms with Crippen LogP contribution in [0, 0.1) is 0 Å². The minimum Gasteiger partial charge on any atom is -0.355 e. The molecule has 1 aliphatic heterocycles. The summed E-state index contributed by atoms with van der Waals surface area (Å²) in [6, 6.07) is 0. The Bertz CT molecular complexity index is 155. The molecule has 2 nitrogen and oxygen atoms in total. The van der Waals surface area contributed by atoms with Crippen LogP contribution in [-0.2, 0) is 0 Å². The van der Waals surface area contributed by atoms with E-state index in [1.807, 2.05) is 12.2 Å². The van der Waals surface area contributed by atoms with Gasteiger partial charge in [-0.3, -0.25) is 0 Å². The third-order valence-corrected chi connectivity index (χ3v) is 1.58. The summed E-state index contributed by atoms with van der Waals surface area (Å²) in [5, 5.41) is 0. The van der Waals surface area contributed by atoms with Crippen LogP contribution in [0.3, 0.4) is 0 Å². The van der Waals surface area contributed by atoms with Gasteiger partial charge in [0.2, 0.25) is 0 Å². The van der Waals surface area contributed by atoms with Crippen LogP contribution in [0.15, 0.2) is 37.7 Å². The zero-order valence-electron chi connectivity index (χ0n) is 6.74. The molecule has 0 aromatic rings. The maximum atomic E-state index is 3.68. The Labute approximate surface area is 75.5 Å². The maximum absolute atomic E-state index is 3.68. The lowest BCUT2D eigenvalue weighted by molar-refractivity contribution is 0.300. The molecule has 12 heavy (non-hydrogen) atoms. The molecular weight excluding hydrogens is 148 g/mol. The fourth-order valence-electron chi connectivity index (χ4n) is 1.08. The lowest BCUT2D eigenvalue weighted by Gasteiger charge is -2.18. The second-order valence-corrected chi connectivity index (χ2v) is 2.56. The van der Waals surface area contributed by atoms with Gasteiger partial charge in [-0.15, -0.1) is 13.2 Å². The van der Waals surface area contributed by atoms with Crippen molar-refractivity contribution in [3.8, 4) is 0 Å². The van der Waals surface area contributed by atoms with Crippen LogP contribution in [0.1, 0.15) is 7.43 Å². The Kier molecular flexibility index (Phi) is 4.93. The van der Waals surface area contributed by atoms with E-state index in [9.17, 15) is 0 Å². The predicted molar refractivity (Wildman–Crippen MR) is 54.5 cm³/mol. The van der Waals surface area contributed by atoms with Crippen LogP contribution >= 0.6 is 0 Å². The van der Waals surface area contributed by atoms with Gasteiger partial charge in [-0.05, 0) is 0 Å². The lowest BCUT2D eigenvalue weighted by atomic mass is 10.5. The Morgan fingerprint density at radius 2 is 1.50 bits per heavy atom. The van der Waals surface area contributed by atoms with Crippen LogP contribution < -0.4 is 0 Å². The van der Waals surface area contributed by atoms with Crippen LogP contribution in [-0.4, -0.2) is 29.6 Å². The summed E-state index contributed by atoms with van der Waals surface area (Å²) < 4.78 is 0. The predicted octanol–water partition coefficient (Wildman–Crippen LogP) is 2.04. The largest absolute Gasteiger partial charge is 0.355 e. The molecule has 1 rings (SSSR count). The van der Waals surface area contributed by atoms with Crippen LogP contribution in [0.25, 0.3) is 0 Å². The first kappa shape index (κ1) is 10.8.